The van der Waals surface area contributed by atoms with Crippen molar-refractivity contribution in [2.75, 3.05) is 26.0 Å². The smallest absolute Gasteiger partial charge is 0.325 e. The summed E-state index contributed by atoms with van der Waals surface area (Å²) in [6.45, 7) is 1.63. The Hall–Kier alpha value is -2.90. The Balaban J connectivity index is 1.64. The summed E-state index contributed by atoms with van der Waals surface area (Å²) < 4.78 is 0. The van der Waals surface area contributed by atoms with Gasteiger partial charge in [-0.1, -0.05) is 19.8 Å². The van der Waals surface area contributed by atoms with Gasteiger partial charge in [0, 0.05) is 25.3 Å². The minimum absolute atomic E-state index is 0.0486. The van der Waals surface area contributed by atoms with Crippen LogP contribution in [0.5, 0.6) is 0 Å². The molecule has 0 aromatic heterocycles. The molecule has 0 unspecified atom stereocenters. The van der Waals surface area contributed by atoms with E-state index in [0.29, 0.717) is 17.7 Å². The van der Waals surface area contributed by atoms with E-state index < -0.39 is 17.5 Å². The summed E-state index contributed by atoms with van der Waals surface area (Å²) in [7, 11) is 3.33. The van der Waals surface area contributed by atoms with Gasteiger partial charge in [0.05, 0.1) is 0 Å². The van der Waals surface area contributed by atoms with Crippen LogP contribution in [0.15, 0.2) is 24.3 Å². The molecule has 150 valence electrons. The quantitative estimate of drug-likeness (QED) is 0.771. The number of hydrogen-bond acceptors (Lipinski definition) is 4. The second-order valence-corrected chi connectivity index (χ2v) is 7.76. The van der Waals surface area contributed by atoms with Gasteiger partial charge < -0.3 is 15.5 Å². The Morgan fingerprint density at radius 2 is 1.89 bits per heavy atom. The highest BCUT2D eigenvalue weighted by Crippen LogP contribution is 2.38. The van der Waals surface area contributed by atoms with Crippen molar-refractivity contribution in [2.45, 2.75) is 38.1 Å². The first kappa shape index (κ1) is 19.9. The molecule has 3 rings (SSSR count). The van der Waals surface area contributed by atoms with Gasteiger partial charge in [0.1, 0.15) is 12.1 Å². The minimum Gasteiger partial charge on any atom is -0.345 e. The fourth-order valence-electron chi connectivity index (χ4n) is 3.94. The predicted octanol–water partition coefficient (Wildman–Crippen LogP) is 1.83. The molecule has 1 aliphatic heterocycles. The van der Waals surface area contributed by atoms with Crippen LogP contribution >= 0.6 is 0 Å². The molecule has 28 heavy (non-hydrogen) atoms. The topological polar surface area (TPSA) is 98.8 Å². The number of anilines is 1. The normalized spacial score (nSPS) is 24.2. The van der Waals surface area contributed by atoms with Crippen molar-refractivity contribution in [1.29, 1.82) is 0 Å². The summed E-state index contributed by atoms with van der Waals surface area (Å²) in [6, 6.07) is 5.95. The molecular formula is C20H26N4O4. The minimum atomic E-state index is -0.871. The van der Waals surface area contributed by atoms with Crippen LogP contribution in [0.1, 0.15) is 43.0 Å². The number of amides is 5. The Morgan fingerprint density at radius 1 is 1.21 bits per heavy atom. The van der Waals surface area contributed by atoms with Gasteiger partial charge in [-0.2, -0.15) is 0 Å². The number of carbonyl (C=O) groups excluding carboxylic acids is 4. The van der Waals surface area contributed by atoms with Crippen molar-refractivity contribution in [3.63, 3.8) is 0 Å². The summed E-state index contributed by atoms with van der Waals surface area (Å²) in [5, 5.41) is 5.50. The zero-order chi connectivity index (χ0) is 20.5. The van der Waals surface area contributed by atoms with Crippen molar-refractivity contribution in [3.05, 3.63) is 29.8 Å². The monoisotopic (exact) mass is 386 g/mol. The third-order valence-corrected chi connectivity index (χ3v) is 5.62. The summed E-state index contributed by atoms with van der Waals surface area (Å²) in [6.07, 6.45) is 3.41. The maximum Gasteiger partial charge on any atom is 0.325 e. The van der Waals surface area contributed by atoms with E-state index in [-0.39, 0.29) is 24.3 Å². The molecule has 0 radical (unpaired) electrons. The Bertz CT molecular complexity index is 805. The van der Waals surface area contributed by atoms with Gasteiger partial charge in [-0.15, -0.1) is 0 Å². The molecule has 1 heterocycles. The van der Waals surface area contributed by atoms with Gasteiger partial charge in [0.15, 0.2) is 0 Å². The Morgan fingerprint density at radius 3 is 2.50 bits per heavy atom. The van der Waals surface area contributed by atoms with Crippen molar-refractivity contribution in [3.8, 4) is 0 Å². The largest absolute Gasteiger partial charge is 0.345 e. The lowest BCUT2D eigenvalue weighted by molar-refractivity contribution is -0.136. The first-order valence-electron chi connectivity index (χ1n) is 9.50. The summed E-state index contributed by atoms with van der Waals surface area (Å²) in [5.74, 6) is -0.862. The molecular weight excluding hydrogens is 360 g/mol. The molecule has 1 aromatic rings. The van der Waals surface area contributed by atoms with Crippen LogP contribution in [0.4, 0.5) is 10.5 Å². The van der Waals surface area contributed by atoms with E-state index in [1.54, 1.807) is 38.4 Å². The fourth-order valence-corrected chi connectivity index (χ4v) is 3.94. The summed E-state index contributed by atoms with van der Waals surface area (Å²) >= 11 is 0. The van der Waals surface area contributed by atoms with Crippen LogP contribution in [0.25, 0.3) is 0 Å². The third kappa shape index (κ3) is 3.58. The molecule has 8 heteroatoms. The number of nitrogens with one attached hydrogen (secondary N) is 2. The molecule has 1 aromatic carbocycles. The van der Waals surface area contributed by atoms with Crippen LogP contribution in [-0.2, 0) is 9.59 Å². The highest BCUT2D eigenvalue weighted by molar-refractivity contribution is 6.10. The molecule has 5 amide bonds. The van der Waals surface area contributed by atoms with Crippen LogP contribution in [0, 0.1) is 5.92 Å². The van der Waals surface area contributed by atoms with Crippen molar-refractivity contribution < 1.29 is 19.2 Å². The maximum atomic E-state index is 12.9. The lowest BCUT2D eigenvalue weighted by Gasteiger charge is -2.36. The first-order chi connectivity index (χ1) is 13.2. The Kier molecular flexibility index (Phi) is 5.40. The van der Waals surface area contributed by atoms with Crippen molar-refractivity contribution in [1.82, 2.24) is 15.1 Å². The van der Waals surface area contributed by atoms with Gasteiger partial charge in [-0.3, -0.25) is 19.3 Å². The van der Waals surface area contributed by atoms with Crippen LogP contribution in [-0.4, -0.2) is 59.7 Å². The molecule has 2 fully saturated rings. The van der Waals surface area contributed by atoms with Crippen LogP contribution in [0.2, 0.25) is 0 Å². The molecule has 2 aliphatic rings. The van der Waals surface area contributed by atoms with Gasteiger partial charge in [0.25, 0.3) is 11.8 Å². The van der Waals surface area contributed by atoms with E-state index in [1.807, 2.05) is 6.92 Å². The van der Waals surface area contributed by atoms with E-state index in [1.165, 1.54) is 4.90 Å². The maximum absolute atomic E-state index is 12.9. The number of nitrogens with zero attached hydrogens (tertiary/aromatic N) is 2. The molecule has 0 bridgehead atoms. The van der Waals surface area contributed by atoms with Gasteiger partial charge in [0.2, 0.25) is 5.91 Å². The fraction of sp³-hybridized carbons (Fsp3) is 0.500. The van der Waals surface area contributed by atoms with Gasteiger partial charge in [-0.05, 0) is 43.0 Å². The van der Waals surface area contributed by atoms with Crippen LogP contribution < -0.4 is 10.6 Å². The highest BCUT2D eigenvalue weighted by atomic mass is 16.2. The Labute approximate surface area is 164 Å². The molecule has 2 N–H and O–H groups in total. The SMILES string of the molecule is C[C@@H]1CCCC[C@@]12NC(=O)N(CC(=O)Nc1ccc(C(=O)N(C)C)cc1)C2=O. The summed E-state index contributed by atoms with van der Waals surface area (Å²) in [4.78, 5) is 52.0. The molecule has 1 saturated carbocycles. The second kappa shape index (κ2) is 7.61. The number of hydrogen-bond donors (Lipinski definition) is 2. The molecule has 1 aliphatic carbocycles. The lowest BCUT2D eigenvalue weighted by Crippen LogP contribution is -2.54. The average Bonchev–Trinajstić information content (AvgIpc) is 2.89. The highest BCUT2D eigenvalue weighted by Gasteiger charge is 2.55. The molecule has 1 spiro atoms. The van der Waals surface area contributed by atoms with Gasteiger partial charge in [-0.25, -0.2) is 4.79 Å². The van der Waals surface area contributed by atoms with Crippen molar-refractivity contribution in [2.24, 2.45) is 5.92 Å². The molecule has 2 atom stereocenters. The average molecular weight is 386 g/mol. The van der Waals surface area contributed by atoms with Crippen molar-refractivity contribution >= 4 is 29.4 Å². The zero-order valence-electron chi connectivity index (χ0n) is 16.4. The van der Waals surface area contributed by atoms with E-state index in [9.17, 15) is 19.2 Å². The number of urea groups is 1. The lowest BCUT2D eigenvalue weighted by atomic mass is 9.73. The van der Waals surface area contributed by atoms with Crippen LogP contribution in [0.3, 0.4) is 0 Å². The summed E-state index contributed by atoms with van der Waals surface area (Å²) in [5.41, 5.74) is 0.127. The number of rotatable bonds is 4. The number of imide groups is 1. The van der Waals surface area contributed by atoms with E-state index >= 15 is 0 Å². The standard InChI is InChI=1S/C20H26N4O4/c1-13-6-4-5-11-20(13)18(27)24(19(28)22-20)12-16(25)21-15-9-7-14(8-10-15)17(26)23(2)3/h7-10,13H,4-6,11-12H2,1-3H3,(H,21,25)(H,22,28)/t13-,20-/m1/s1. The molecule has 1 saturated heterocycles. The zero-order valence-corrected chi connectivity index (χ0v) is 16.4. The first-order valence-corrected chi connectivity index (χ1v) is 9.50. The van der Waals surface area contributed by atoms with E-state index in [2.05, 4.69) is 10.6 Å². The second-order valence-electron chi connectivity index (χ2n) is 7.76. The number of benzene rings is 1. The predicted molar refractivity (Wildman–Crippen MR) is 104 cm³/mol. The van der Waals surface area contributed by atoms with Gasteiger partial charge >= 0.3 is 6.03 Å². The van der Waals surface area contributed by atoms with E-state index in [0.717, 1.165) is 24.2 Å². The number of carbonyl (C=O) groups is 4. The van der Waals surface area contributed by atoms with E-state index in [4.69, 9.17) is 0 Å². The molecule has 8 nitrogen and oxygen atoms in total. The third-order valence-electron chi connectivity index (χ3n) is 5.62.